The average Bonchev–Trinajstić information content (AvgIpc) is 3.30. The Morgan fingerprint density at radius 3 is 2.67 bits per heavy atom. The highest BCUT2D eigenvalue weighted by Crippen LogP contribution is 2.32. The highest BCUT2D eigenvalue weighted by Gasteiger charge is 2.38. The molecule has 0 bridgehead atoms. The van der Waals surface area contributed by atoms with Gasteiger partial charge in [0.2, 0.25) is 5.89 Å². The number of para-hydroxylation sites is 1. The normalized spacial score (nSPS) is 17.0. The van der Waals surface area contributed by atoms with E-state index in [1.165, 1.54) is 0 Å². The van der Waals surface area contributed by atoms with Crippen LogP contribution in [0.2, 0.25) is 0 Å². The van der Waals surface area contributed by atoms with Crippen molar-refractivity contribution in [3.05, 3.63) is 58.0 Å². The van der Waals surface area contributed by atoms with Crippen molar-refractivity contribution in [3.8, 4) is 0 Å². The summed E-state index contributed by atoms with van der Waals surface area (Å²) in [6, 6.07) is 9.54. The molecule has 2 aromatic heterocycles. The third kappa shape index (κ3) is 5.03. The van der Waals surface area contributed by atoms with E-state index >= 15 is 0 Å². The minimum absolute atomic E-state index is 0.0714. The van der Waals surface area contributed by atoms with Gasteiger partial charge in [0, 0.05) is 11.9 Å². The van der Waals surface area contributed by atoms with Crippen LogP contribution in [0, 0.1) is 6.92 Å². The Kier molecular flexibility index (Phi) is 6.20. The third-order valence-electron chi connectivity index (χ3n) is 4.52. The molecular formula is C19H18F3N3O5. The number of likely N-dealkylation sites (tertiary alicyclic amines) is 1. The van der Waals surface area contributed by atoms with Crippen LogP contribution in [0.1, 0.15) is 36.2 Å². The number of carboxylic acids is 1. The number of hydrogen-bond acceptors (Lipinski definition) is 7. The highest BCUT2D eigenvalue weighted by atomic mass is 19.4. The quantitative estimate of drug-likeness (QED) is 0.636. The molecule has 3 aromatic rings. The molecule has 1 atom stereocenters. The van der Waals surface area contributed by atoms with Crippen LogP contribution >= 0.6 is 0 Å². The summed E-state index contributed by atoms with van der Waals surface area (Å²) in [4.78, 5) is 27.7. The van der Waals surface area contributed by atoms with Gasteiger partial charge in [-0.25, -0.2) is 9.59 Å². The molecule has 160 valence electrons. The SMILES string of the molecule is Cc1noc(C2CCCN2Cc2cc3ccccc3oc2=O)n1.O=C(O)C(F)(F)F. The molecule has 1 aliphatic heterocycles. The number of hydrogen-bond donors (Lipinski definition) is 1. The molecule has 11 heteroatoms. The van der Waals surface area contributed by atoms with Crippen LogP contribution < -0.4 is 5.63 Å². The van der Waals surface area contributed by atoms with Crippen LogP contribution in [0.4, 0.5) is 13.2 Å². The zero-order valence-electron chi connectivity index (χ0n) is 15.8. The number of aryl methyl sites for hydroxylation is 1. The molecule has 0 saturated carbocycles. The lowest BCUT2D eigenvalue weighted by atomic mass is 10.1. The van der Waals surface area contributed by atoms with E-state index < -0.39 is 12.1 Å². The zero-order chi connectivity index (χ0) is 21.9. The third-order valence-corrected chi connectivity index (χ3v) is 4.52. The summed E-state index contributed by atoms with van der Waals surface area (Å²) in [5.74, 6) is -1.49. The van der Waals surface area contributed by atoms with Gasteiger partial charge in [0.05, 0.1) is 11.6 Å². The molecule has 1 fully saturated rings. The van der Waals surface area contributed by atoms with E-state index in [1.54, 1.807) is 6.07 Å². The van der Waals surface area contributed by atoms with Crippen LogP contribution in [0.15, 0.2) is 44.1 Å². The van der Waals surface area contributed by atoms with Crippen LogP contribution in [0.25, 0.3) is 11.0 Å². The molecule has 1 unspecified atom stereocenters. The first-order valence-electron chi connectivity index (χ1n) is 9.01. The van der Waals surface area contributed by atoms with E-state index in [9.17, 15) is 18.0 Å². The van der Waals surface area contributed by atoms with E-state index in [-0.39, 0.29) is 11.7 Å². The summed E-state index contributed by atoms with van der Waals surface area (Å²) in [6.45, 7) is 3.24. The first kappa shape index (κ1) is 21.5. The number of carboxylic acid groups (broad SMARTS) is 1. The molecule has 1 saturated heterocycles. The average molecular weight is 425 g/mol. The van der Waals surface area contributed by atoms with Crippen LogP contribution in [0.5, 0.6) is 0 Å². The number of aliphatic carboxylic acids is 1. The number of nitrogens with zero attached hydrogens (tertiary/aromatic N) is 3. The predicted molar refractivity (Wildman–Crippen MR) is 97.6 cm³/mol. The molecule has 0 amide bonds. The van der Waals surface area contributed by atoms with E-state index in [0.29, 0.717) is 29.4 Å². The Balaban J connectivity index is 0.000000318. The Morgan fingerprint density at radius 1 is 1.33 bits per heavy atom. The van der Waals surface area contributed by atoms with Gasteiger partial charge in [0.25, 0.3) is 0 Å². The summed E-state index contributed by atoms with van der Waals surface area (Å²) in [6.07, 6.45) is -3.08. The number of carbonyl (C=O) groups is 1. The molecule has 4 rings (SSSR count). The van der Waals surface area contributed by atoms with Crippen LogP contribution in [-0.2, 0) is 11.3 Å². The summed E-state index contributed by atoms with van der Waals surface area (Å²) < 4.78 is 42.5. The maximum Gasteiger partial charge on any atom is 0.490 e. The van der Waals surface area contributed by atoms with Gasteiger partial charge in [0.1, 0.15) is 5.58 Å². The summed E-state index contributed by atoms with van der Waals surface area (Å²) in [7, 11) is 0. The fourth-order valence-corrected chi connectivity index (χ4v) is 3.18. The monoisotopic (exact) mass is 425 g/mol. The second-order valence-electron chi connectivity index (χ2n) is 6.71. The van der Waals surface area contributed by atoms with Crippen LogP contribution in [-0.4, -0.2) is 38.8 Å². The first-order valence-corrected chi connectivity index (χ1v) is 9.01. The summed E-state index contributed by atoms with van der Waals surface area (Å²) in [5.41, 5.74) is 0.995. The van der Waals surface area contributed by atoms with Gasteiger partial charge in [-0.15, -0.1) is 0 Å². The van der Waals surface area contributed by atoms with Gasteiger partial charge in [0.15, 0.2) is 5.82 Å². The van der Waals surface area contributed by atoms with Gasteiger partial charge in [-0.3, -0.25) is 4.90 Å². The molecule has 0 radical (unpaired) electrons. The lowest BCUT2D eigenvalue weighted by molar-refractivity contribution is -0.192. The van der Waals surface area contributed by atoms with Gasteiger partial charge >= 0.3 is 17.8 Å². The molecule has 8 nitrogen and oxygen atoms in total. The van der Waals surface area contributed by atoms with Crippen molar-refractivity contribution in [2.24, 2.45) is 0 Å². The topological polar surface area (TPSA) is 110 Å². The number of rotatable bonds is 3. The smallest absolute Gasteiger partial charge is 0.475 e. The van der Waals surface area contributed by atoms with E-state index in [4.69, 9.17) is 18.8 Å². The van der Waals surface area contributed by atoms with Crippen molar-refractivity contribution in [1.82, 2.24) is 15.0 Å². The number of aromatic nitrogens is 2. The molecule has 1 aromatic carbocycles. The lowest BCUT2D eigenvalue weighted by Crippen LogP contribution is -2.26. The van der Waals surface area contributed by atoms with Crippen molar-refractivity contribution in [3.63, 3.8) is 0 Å². The van der Waals surface area contributed by atoms with Crippen LogP contribution in [0.3, 0.4) is 0 Å². The molecular weight excluding hydrogens is 407 g/mol. The molecule has 0 spiro atoms. The van der Waals surface area contributed by atoms with Gasteiger partial charge in [-0.05, 0) is 38.4 Å². The van der Waals surface area contributed by atoms with Gasteiger partial charge in [-0.1, -0.05) is 23.4 Å². The zero-order valence-corrected chi connectivity index (χ0v) is 15.8. The molecule has 3 heterocycles. The minimum Gasteiger partial charge on any atom is -0.475 e. The minimum atomic E-state index is -5.08. The molecule has 1 aliphatic rings. The van der Waals surface area contributed by atoms with Gasteiger partial charge < -0.3 is 14.0 Å². The Morgan fingerprint density at radius 2 is 2.03 bits per heavy atom. The molecule has 1 N–H and O–H groups in total. The summed E-state index contributed by atoms with van der Waals surface area (Å²) in [5, 5.41) is 11.9. The number of alkyl halides is 3. The maximum absolute atomic E-state index is 12.2. The Bertz CT molecular complexity index is 1090. The second kappa shape index (κ2) is 8.66. The Labute approximate surface area is 167 Å². The number of fused-ring (bicyclic) bond motifs is 1. The number of halogens is 3. The van der Waals surface area contributed by atoms with Crippen molar-refractivity contribution in [2.75, 3.05) is 6.54 Å². The standard InChI is InChI=1S/C17H17N3O3.C2HF3O2/c1-11-18-16(23-19-11)14-6-4-8-20(14)10-13-9-12-5-2-3-7-15(12)22-17(13)21;3-2(4,5)1(6)7/h2-3,5,7,9,14H,4,6,8,10H2,1H3;(H,6,7). The van der Waals surface area contributed by atoms with E-state index in [2.05, 4.69) is 15.0 Å². The second-order valence-corrected chi connectivity index (χ2v) is 6.71. The fraction of sp³-hybridized carbons (Fsp3) is 0.368. The molecule has 0 aliphatic carbocycles. The highest BCUT2D eigenvalue weighted by molar-refractivity contribution is 5.76. The fourth-order valence-electron chi connectivity index (χ4n) is 3.18. The van der Waals surface area contributed by atoms with Crippen molar-refractivity contribution < 1.29 is 32.0 Å². The first-order chi connectivity index (χ1) is 14.1. The van der Waals surface area contributed by atoms with Crippen molar-refractivity contribution >= 4 is 16.9 Å². The van der Waals surface area contributed by atoms with E-state index in [0.717, 1.165) is 24.8 Å². The van der Waals surface area contributed by atoms with E-state index in [1.807, 2.05) is 31.2 Å². The predicted octanol–water partition coefficient (Wildman–Crippen LogP) is 3.45. The molecule has 30 heavy (non-hydrogen) atoms. The number of benzene rings is 1. The van der Waals surface area contributed by atoms with Crippen molar-refractivity contribution in [1.29, 1.82) is 0 Å². The Hall–Kier alpha value is -3.21. The van der Waals surface area contributed by atoms with Gasteiger partial charge in [-0.2, -0.15) is 18.2 Å². The largest absolute Gasteiger partial charge is 0.490 e. The lowest BCUT2D eigenvalue weighted by Gasteiger charge is -2.20. The van der Waals surface area contributed by atoms with Crippen molar-refractivity contribution in [2.45, 2.75) is 38.5 Å². The maximum atomic E-state index is 12.2. The summed E-state index contributed by atoms with van der Waals surface area (Å²) >= 11 is 0.